The fraction of sp³-hybridized carbons (Fsp3) is 0. The van der Waals surface area contributed by atoms with Crippen LogP contribution in [0, 0.1) is 0 Å². The normalized spacial score (nSPS) is 12.6. The van der Waals surface area contributed by atoms with Gasteiger partial charge in [0.25, 0.3) is 6.71 Å². The van der Waals surface area contributed by atoms with E-state index < -0.39 is 0 Å². The number of fused-ring (bicyclic) bond motifs is 7. The highest BCUT2D eigenvalue weighted by atomic mass is 16.3. The Hall–Kier alpha value is -8.34. The van der Waals surface area contributed by atoms with Gasteiger partial charge < -0.3 is 14.2 Å². The number of benzene rings is 10. The highest BCUT2D eigenvalue weighted by Crippen LogP contribution is 2.49. The molecule has 0 fully saturated rings. The summed E-state index contributed by atoms with van der Waals surface area (Å²) in [6.07, 6.45) is 0. The highest BCUT2D eigenvalue weighted by molar-refractivity contribution is 7.00. The molecule has 0 aliphatic carbocycles. The van der Waals surface area contributed by atoms with Crippen LogP contribution in [-0.2, 0) is 0 Å². The summed E-state index contributed by atoms with van der Waals surface area (Å²) >= 11 is 0. The molecular formula is C60H39BN2O. The van der Waals surface area contributed by atoms with Crippen LogP contribution in [0.15, 0.2) is 241 Å². The molecule has 0 saturated heterocycles. The summed E-state index contributed by atoms with van der Waals surface area (Å²) in [6, 6.07) is 85.8. The summed E-state index contributed by atoms with van der Waals surface area (Å²) in [4.78, 5) is 5.00. The van der Waals surface area contributed by atoms with Crippen molar-refractivity contribution in [3.05, 3.63) is 237 Å². The van der Waals surface area contributed by atoms with Gasteiger partial charge in [-0.15, -0.1) is 0 Å². The largest absolute Gasteiger partial charge is 0.455 e. The Labute approximate surface area is 372 Å². The summed E-state index contributed by atoms with van der Waals surface area (Å²) < 4.78 is 7.03. The van der Waals surface area contributed by atoms with Gasteiger partial charge in [0.2, 0.25) is 0 Å². The number of nitrogens with zero attached hydrogens (tertiary/aromatic N) is 2. The average Bonchev–Trinajstić information content (AvgIpc) is 3.76. The summed E-state index contributed by atoms with van der Waals surface area (Å²) in [7, 11) is 0. The predicted molar refractivity (Wildman–Crippen MR) is 269 cm³/mol. The molecule has 2 aliphatic heterocycles. The maximum Gasteiger partial charge on any atom is 0.252 e. The van der Waals surface area contributed by atoms with Crippen molar-refractivity contribution in [1.82, 2.24) is 0 Å². The first-order valence-electron chi connectivity index (χ1n) is 22.0. The predicted octanol–water partition coefficient (Wildman–Crippen LogP) is 14.3. The summed E-state index contributed by atoms with van der Waals surface area (Å²) in [6.45, 7) is 0.00871. The second-order valence-electron chi connectivity index (χ2n) is 16.8. The maximum absolute atomic E-state index is 7.03. The second-order valence-corrected chi connectivity index (χ2v) is 16.8. The van der Waals surface area contributed by atoms with E-state index in [1.165, 1.54) is 61.4 Å². The zero-order chi connectivity index (χ0) is 42.1. The van der Waals surface area contributed by atoms with Gasteiger partial charge in [0, 0.05) is 55.9 Å². The lowest BCUT2D eigenvalue weighted by atomic mass is 9.33. The monoisotopic (exact) mass is 814 g/mol. The van der Waals surface area contributed by atoms with Gasteiger partial charge in [-0.2, -0.15) is 0 Å². The van der Waals surface area contributed by atoms with Gasteiger partial charge in [-0.1, -0.05) is 194 Å². The first-order valence-corrected chi connectivity index (χ1v) is 22.0. The van der Waals surface area contributed by atoms with Gasteiger partial charge in [-0.25, -0.2) is 0 Å². The van der Waals surface area contributed by atoms with E-state index in [0.717, 1.165) is 55.6 Å². The van der Waals surface area contributed by atoms with Crippen LogP contribution in [0.25, 0.3) is 66.4 Å². The number of hydrogen-bond acceptors (Lipinski definition) is 3. The third-order valence-corrected chi connectivity index (χ3v) is 13.3. The van der Waals surface area contributed by atoms with Gasteiger partial charge in [-0.05, 0) is 86.7 Å². The van der Waals surface area contributed by atoms with Crippen molar-refractivity contribution in [3.63, 3.8) is 0 Å². The molecule has 1 aromatic heterocycles. The van der Waals surface area contributed by atoms with Crippen LogP contribution in [-0.4, -0.2) is 6.71 Å². The molecule has 0 amide bonds. The molecule has 3 nitrogen and oxygen atoms in total. The van der Waals surface area contributed by atoms with Gasteiger partial charge in [0.15, 0.2) is 0 Å². The molecule has 0 atom stereocenters. The van der Waals surface area contributed by atoms with Crippen LogP contribution in [0.4, 0.5) is 34.1 Å². The van der Waals surface area contributed by atoms with Crippen LogP contribution >= 0.6 is 0 Å². The number of rotatable bonds is 6. The Bertz CT molecular complexity index is 3580. The fourth-order valence-electron chi connectivity index (χ4n) is 10.5. The van der Waals surface area contributed by atoms with E-state index in [4.69, 9.17) is 4.42 Å². The molecule has 10 aromatic carbocycles. The van der Waals surface area contributed by atoms with Crippen molar-refractivity contribution in [2.45, 2.75) is 0 Å². The van der Waals surface area contributed by atoms with Crippen LogP contribution in [0.3, 0.4) is 0 Å². The van der Waals surface area contributed by atoms with Crippen molar-refractivity contribution < 1.29 is 4.42 Å². The molecule has 0 unspecified atom stereocenters. The van der Waals surface area contributed by atoms with Crippen molar-refractivity contribution in [3.8, 4) is 44.5 Å². The molecule has 0 saturated carbocycles. The van der Waals surface area contributed by atoms with Crippen molar-refractivity contribution in [2.24, 2.45) is 0 Å². The van der Waals surface area contributed by atoms with Crippen molar-refractivity contribution >= 4 is 79.2 Å². The molecule has 2 aliphatic rings. The molecule has 298 valence electrons. The minimum absolute atomic E-state index is 0.00871. The molecule has 11 aromatic rings. The summed E-state index contributed by atoms with van der Waals surface area (Å²) in [5, 5.41) is 2.22. The van der Waals surface area contributed by atoms with Crippen LogP contribution in [0.1, 0.15) is 0 Å². The van der Waals surface area contributed by atoms with E-state index in [2.05, 4.69) is 246 Å². The highest BCUT2D eigenvalue weighted by Gasteiger charge is 2.43. The van der Waals surface area contributed by atoms with Crippen LogP contribution in [0.2, 0.25) is 0 Å². The quantitative estimate of drug-likeness (QED) is 0.156. The molecule has 64 heavy (non-hydrogen) atoms. The smallest absolute Gasteiger partial charge is 0.252 e. The van der Waals surface area contributed by atoms with E-state index in [1.54, 1.807) is 0 Å². The van der Waals surface area contributed by atoms with E-state index in [1.807, 2.05) is 0 Å². The zero-order valence-electron chi connectivity index (χ0n) is 34.9. The van der Waals surface area contributed by atoms with Gasteiger partial charge >= 0.3 is 0 Å². The maximum atomic E-state index is 7.03. The molecule has 0 N–H and O–H groups in total. The molecule has 0 bridgehead atoms. The summed E-state index contributed by atoms with van der Waals surface area (Å²) in [5.41, 5.74) is 21.7. The van der Waals surface area contributed by atoms with Crippen molar-refractivity contribution in [2.75, 3.05) is 9.80 Å². The number of furan rings is 1. The minimum Gasteiger partial charge on any atom is -0.455 e. The first kappa shape index (κ1) is 36.3. The van der Waals surface area contributed by atoms with Gasteiger partial charge in [-0.3, -0.25) is 0 Å². The standard InChI is InChI=1S/C60H39BN2O/c1-4-18-40(19-5-1)43-24-14-25-45(38-43)62-55-34-17-35-56-58(55)61(52-37-36-44(39-57(52)62)41-20-6-2-7-21-41)51-31-11-13-33-54(51)63(56)53-32-12-10-26-47(53)48-28-16-30-50-49-29-15-27-46(59(49)64-60(48)50)42-22-8-3-9-23-42/h1-39H. The van der Waals surface area contributed by atoms with E-state index >= 15 is 0 Å². The molecule has 4 heteroatoms. The average molecular weight is 815 g/mol. The Kier molecular flexibility index (Phi) is 8.32. The van der Waals surface area contributed by atoms with E-state index in [0.29, 0.717) is 0 Å². The third kappa shape index (κ3) is 5.63. The lowest BCUT2D eigenvalue weighted by molar-refractivity contribution is 0.671. The first-order chi connectivity index (χ1) is 31.8. The Balaban J connectivity index is 1.04. The molecular weight excluding hydrogens is 775 g/mol. The molecule has 0 radical (unpaired) electrons. The van der Waals surface area contributed by atoms with Crippen LogP contribution in [0.5, 0.6) is 0 Å². The topological polar surface area (TPSA) is 19.6 Å². The SMILES string of the molecule is c1ccc(-c2cccc(N3c4cc(-c5ccccc5)ccc4B4c5ccccc5N(c5ccccc5-c5cccc6c5oc5c(-c7ccccc7)cccc56)c5cccc3c54)c2)cc1. The van der Waals surface area contributed by atoms with Crippen LogP contribution < -0.4 is 26.2 Å². The van der Waals surface area contributed by atoms with Gasteiger partial charge in [0.1, 0.15) is 11.2 Å². The lowest BCUT2D eigenvalue weighted by Crippen LogP contribution is -2.61. The number of hydrogen-bond donors (Lipinski definition) is 0. The zero-order valence-corrected chi connectivity index (χ0v) is 34.9. The molecule has 3 heterocycles. The lowest BCUT2D eigenvalue weighted by Gasteiger charge is -2.44. The Morgan fingerprint density at radius 2 is 0.797 bits per heavy atom. The number of para-hydroxylation sites is 4. The second kappa shape index (κ2) is 14.6. The fourth-order valence-corrected chi connectivity index (χ4v) is 10.5. The van der Waals surface area contributed by atoms with Gasteiger partial charge in [0.05, 0.1) is 5.69 Å². The van der Waals surface area contributed by atoms with E-state index in [-0.39, 0.29) is 6.71 Å². The Morgan fingerprint density at radius 3 is 1.53 bits per heavy atom. The van der Waals surface area contributed by atoms with E-state index in [9.17, 15) is 0 Å². The molecule has 0 spiro atoms. The summed E-state index contributed by atoms with van der Waals surface area (Å²) in [5.74, 6) is 0. The third-order valence-electron chi connectivity index (χ3n) is 13.3. The Morgan fingerprint density at radius 1 is 0.297 bits per heavy atom. The van der Waals surface area contributed by atoms with Crippen molar-refractivity contribution in [1.29, 1.82) is 0 Å². The molecule has 13 rings (SSSR count). The number of anilines is 6. The minimum atomic E-state index is 0.00871.